The molecule has 0 radical (unpaired) electrons. The van der Waals surface area contributed by atoms with Crippen LogP contribution < -0.4 is 10.2 Å². The van der Waals surface area contributed by atoms with Crippen molar-refractivity contribution in [1.82, 2.24) is 5.43 Å². The van der Waals surface area contributed by atoms with Gasteiger partial charge in [0, 0.05) is 11.1 Å². The molecular formula is C15H14N2O5. The molecule has 0 unspecified atom stereocenters. The van der Waals surface area contributed by atoms with E-state index in [0.717, 1.165) is 6.21 Å². The average molecular weight is 302 g/mol. The van der Waals surface area contributed by atoms with E-state index in [4.69, 9.17) is 4.74 Å². The molecule has 0 atom stereocenters. The maximum atomic E-state index is 11.8. The number of hydrogen-bond acceptors (Lipinski definition) is 6. The van der Waals surface area contributed by atoms with E-state index in [2.05, 4.69) is 10.5 Å². The van der Waals surface area contributed by atoms with Crippen molar-refractivity contribution in [3.8, 4) is 23.0 Å². The largest absolute Gasteiger partial charge is 0.504 e. The van der Waals surface area contributed by atoms with Crippen LogP contribution in [0.2, 0.25) is 0 Å². The fourth-order valence-electron chi connectivity index (χ4n) is 1.66. The van der Waals surface area contributed by atoms with Crippen molar-refractivity contribution in [3.63, 3.8) is 0 Å². The average Bonchev–Trinajstić information content (AvgIpc) is 2.54. The first-order chi connectivity index (χ1) is 10.5. The summed E-state index contributed by atoms with van der Waals surface area (Å²) in [4.78, 5) is 11.8. The number of hydrogen-bond donors (Lipinski definition) is 4. The molecular weight excluding hydrogens is 288 g/mol. The molecule has 7 nitrogen and oxygen atoms in total. The molecule has 2 aromatic carbocycles. The number of ether oxygens (including phenoxy) is 1. The molecule has 0 saturated heterocycles. The monoisotopic (exact) mass is 302 g/mol. The van der Waals surface area contributed by atoms with E-state index >= 15 is 0 Å². The van der Waals surface area contributed by atoms with Crippen molar-refractivity contribution in [1.29, 1.82) is 0 Å². The van der Waals surface area contributed by atoms with Gasteiger partial charge in [-0.25, -0.2) is 5.43 Å². The quantitative estimate of drug-likeness (QED) is 0.389. The second kappa shape index (κ2) is 6.49. The number of methoxy groups -OCH3 is 1. The number of aromatic hydroxyl groups is 3. The Morgan fingerprint density at radius 3 is 2.41 bits per heavy atom. The minimum Gasteiger partial charge on any atom is -0.504 e. The molecule has 0 aliphatic heterocycles. The van der Waals surface area contributed by atoms with Gasteiger partial charge in [-0.05, 0) is 36.4 Å². The molecule has 0 heterocycles. The highest BCUT2D eigenvalue weighted by atomic mass is 16.5. The van der Waals surface area contributed by atoms with E-state index in [-0.39, 0.29) is 5.56 Å². The van der Waals surface area contributed by atoms with Crippen LogP contribution in [0, 0.1) is 0 Å². The highest BCUT2D eigenvalue weighted by Gasteiger charge is 2.09. The van der Waals surface area contributed by atoms with Crippen LogP contribution in [0.25, 0.3) is 0 Å². The standard InChI is InChI=1S/C15H14N2O5/c1-22-11-5-2-9(3-6-11)15(21)17-16-8-10-4-7-12(18)14(20)13(10)19/h2-8,18-20H,1H3,(H,17,21)/b16-8-. The summed E-state index contributed by atoms with van der Waals surface area (Å²) in [5.74, 6) is -1.43. The maximum Gasteiger partial charge on any atom is 0.271 e. The molecule has 0 saturated carbocycles. The highest BCUT2D eigenvalue weighted by molar-refractivity contribution is 5.95. The number of hydrazone groups is 1. The first kappa shape index (κ1) is 15.2. The maximum absolute atomic E-state index is 11.8. The topological polar surface area (TPSA) is 111 Å². The van der Waals surface area contributed by atoms with E-state index in [1.165, 1.54) is 19.2 Å². The minimum atomic E-state index is -0.648. The zero-order valence-corrected chi connectivity index (χ0v) is 11.6. The molecule has 22 heavy (non-hydrogen) atoms. The Morgan fingerprint density at radius 1 is 1.09 bits per heavy atom. The van der Waals surface area contributed by atoms with Gasteiger partial charge < -0.3 is 20.1 Å². The third-order valence-corrected chi connectivity index (χ3v) is 2.88. The third-order valence-electron chi connectivity index (χ3n) is 2.88. The number of benzene rings is 2. The van der Waals surface area contributed by atoms with Gasteiger partial charge in [0.25, 0.3) is 5.91 Å². The second-order valence-electron chi connectivity index (χ2n) is 4.30. The SMILES string of the molecule is COc1ccc(C(=O)N/N=C\c2ccc(O)c(O)c2O)cc1. The number of nitrogens with zero attached hydrogens (tertiary/aromatic N) is 1. The molecule has 114 valence electrons. The summed E-state index contributed by atoms with van der Waals surface area (Å²) < 4.78 is 4.99. The zero-order chi connectivity index (χ0) is 16.1. The van der Waals surface area contributed by atoms with Crippen LogP contribution in [-0.2, 0) is 0 Å². The molecule has 0 fully saturated rings. The summed E-state index contributed by atoms with van der Waals surface area (Å²) >= 11 is 0. The van der Waals surface area contributed by atoms with E-state index in [0.29, 0.717) is 11.3 Å². The van der Waals surface area contributed by atoms with E-state index in [1.807, 2.05) is 0 Å². The molecule has 7 heteroatoms. The molecule has 2 aromatic rings. The Hall–Kier alpha value is -3.22. The van der Waals surface area contributed by atoms with Crippen LogP contribution in [-0.4, -0.2) is 34.6 Å². The second-order valence-corrected chi connectivity index (χ2v) is 4.30. The van der Waals surface area contributed by atoms with E-state index in [1.54, 1.807) is 24.3 Å². The fourth-order valence-corrected chi connectivity index (χ4v) is 1.66. The smallest absolute Gasteiger partial charge is 0.271 e. The van der Waals surface area contributed by atoms with Crippen LogP contribution in [0.3, 0.4) is 0 Å². The zero-order valence-electron chi connectivity index (χ0n) is 11.6. The predicted molar refractivity (Wildman–Crippen MR) is 79.5 cm³/mol. The normalized spacial score (nSPS) is 10.6. The minimum absolute atomic E-state index is 0.144. The summed E-state index contributed by atoms with van der Waals surface area (Å²) in [6.07, 6.45) is 1.15. The number of amides is 1. The summed E-state index contributed by atoms with van der Waals surface area (Å²) in [7, 11) is 1.53. The molecule has 4 N–H and O–H groups in total. The fraction of sp³-hybridized carbons (Fsp3) is 0.0667. The van der Waals surface area contributed by atoms with Gasteiger partial charge in [-0.2, -0.15) is 5.10 Å². The van der Waals surface area contributed by atoms with E-state index in [9.17, 15) is 20.1 Å². The number of nitrogens with one attached hydrogen (secondary N) is 1. The number of carbonyl (C=O) groups excluding carboxylic acids is 1. The van der Waals surface area contributed by atoms with Gasteiger partial charge in [-0.1, -0.05) is 0 Å². The summed E-state index contributed by atoms with van der Waals surface area (Å²) in [6, 6.07) is 8.97. The van der Waals surface area contributed by atoms with Gasteiger partial charge in [-0.15, -0.1) is 0 Å². The third kappa shape index (κ3) is 3.26. The van der Waals surface area contributed by atoms with Crippen LogP contribution in [0.15, 0.2) is 41.5 Å². The van der Waals surface area contributed by atoms with Crippen LogP contribution in [0.1, 0.15) is 15.9 Å². The molecule has 0 aliphatic carbocycles. The predicted octanol–water partition coefficient (Wildman–Crippen LogP) is 1.58. The van der Waals surface area contributed by atoms with Crippen molar-refractivity contribution >= 4 is 12.1 Å². The molecule has 0 bridgehead atoms. The summed E-state index contributed by atoms with van der Waals surface area (Å²) in [5, 5.41) is 31.8. The Labute approximate surface area is 126 Å². The Balaban J connectivity index is 2.05. The van der Waals surface area contributed by atoms with Crippen LogP contribution in [0.5, 0.6) is 23.0 Å². The van der Waals surface area contributed by atoms with Crippen LogP contribution in [0.4, 0.5) is 0 Å². The van der Waals surface area contributed by atoms with Crippen molar-refractivity contribution in [2.24, 2.45) is 5.10 Å². The van der Waals surface area contributed by atoms with Crippen molar-refractivity contribution in [3.05, 3.63) is 47.5 Å². The lowest BCUT2D eigenvalue weighted by molar-refractivity contribution is 0.0955. The molecule has 0 aliphatic rings. The first-order valence-corrected chi connectivity index (χ1v) is 6.24. The highest BCUT2D eigenvalue weighted by Crippen LogP contribution is 2.36. The number of phenols is 3. The Morgan fingerprint density at radius 2 is 1.77 bits per heavy atom. The summed E-state index contributed by atoms with van der Waals surface area (Å²) in [5.41, 5.74) is 2.81. The number of carbonyl (C=O) groups is 1. The van der Waals surface area contributed by atoms with Gasteiger partial charge in [-0.3, -0.25) is 4.79 Å². The van der Waals surface area contributed by atoms with Crippen molar-refractivity contribution < 1.29 is 24.9 Å². The molecule has 0 aromatic heterocycles. The molecule has 2 rings (SSSR count). The van der Waals surface area contributed by atoms with Crippen molar-refractivity contribution in [2.75, 3.05) is 7.11 Å². The van der Waals surface area contributed by atoms with Crippen molar-refractivity contribution in [2.45, 2.75) is 0 Å². The lowest BCUT2D eigenvalue weighted by atomic mass is 10.2. The summed E-state index contributed by atoms with van der Waals surface area (Å²) in [6.45, 7) is 0. The van der Waals surface area contributed by atoms with Gasteiger partial charge in [0.15, 0.2) is 11.5 Å². The Bertz CT molecular complexity index is 711. The number of rotatable bonds is 4. The van der Waals surface area contributed by atoms with Crippen LogP contribution >= 0.6 is 0 Å². The molecule has 1 amide bonds. The molecule has 0 spiro atoms. The lowest BCUT2D eigenvalue weighted by Crippen LogP contribution is -2.17. The number of phenolic OH excluding ortho intramolecular Hbond substituents is 3. The van der Waals surface area contributed by atoms with Gasteiger partial charge in [0.2, 0.25) is 5.75 Å². The Kier molecular flexibility index (Phi) is 4.47. The van der Waals surface area contributed by atoms with Gasteiger partial charge in [0.05, 0.1) is 13.3 Å². The van der Waals surface area contributed by atoms with E-state index < -0.39 is 23.2 Å². The lowest BCUT2D eigenvalue weighted by Gasteiger charge is -2.04. The van der Waals surface area contributed by atoms with Gasteiger partial charge >= 0.3 is 0 Å². The van der Waals surface area contributed by atoms with Gasteiger partial charge in [0.1, 0.15) is 5.75 Å². The first-order valence-electron chi connectivity index (χ1n) is 6.24.